The third-order valence-electron chi connectivity index (χ3n) is 3.33. The van der Waals surface area contributed by atoms with Crippen molar-refractivity contribution in [3.63, 3.8) is 0 Å². The van der Waals surface area contributed by atoms with Gasteiger partial charge < -0.3 is 4.74 Å². The molecule has 0 aliphatic rings. The molecule has 1 heterocycles. The highest BCUT2D eigenvalue weighted by Crippen LogP contribution is 2.15. The van der Waals surface area contributed by atoms with Gasteiger partial charge in [-0.15, -0.1) is 0 Å². The molecule has 0 bridgehead atoms. The van der Waals surface area contributed by atoms with Gasteiger partial charge in [-0.25, -0.2) is 4.79 Å². The van der Waals surface area contributed by atoms with E-state index in [0.29, 0.717) is 6.61 Å². The van der Waals surface area contributed by atoms with Crippen LogP contribution in [0.15, 0.2) is 42.6 Å². The van der Waals surface area contributed by atoms with Crippen molar-refractivity contribution in [2.75, 3.05) is 6.61 Å². The summed E-state index contributed by atoms with van der Waals surface area (Å²) < 4.78 is 6.92. The number of esters is 1. The summed E-state index contributed by atoms with van der Waals surface area (Å²) in [5.41, 5.74) is 3.33. The van der Waals surface area contributed by atoms with Gasteiger partial charge in [0, 0.05) is 17.3 Å². The van der Waals surface area contributed by atoms with E-state index in [1.807, 2.05) is 29.1 Å². The molecular weight excluding hydrogens is 276 g/mol. The van der Waals surface area contributed by atoms with Crippen molar-refractivity contribution in [2.24, 2.45) is 0 Å². The smallest absolute Gasteiger partial charge is 0.330 e. The molecule has 0 aliphatic heterocycles. The van der Waals surface area contributed by atoms with E-state index >= 15 is 0 Å². The van der Waals surface area contributed by atoms with Gasteiger partial charge in [0.1, 0.15) is 0 Å². The number of carbonyl (C=O) groups is 1. The van der Waals surface area contributed by atoms with Crippen molar-refractivity contribution in [3.8, 4) is 0 Å². The molecule has 2 aromatic rings. The molecule has 1 aromatic carbocycles. The van der Waals surface area contributed by atoms with E-state index in [2.05, 4.69) is 24.2 Å². The second kappa shape index (κ2) is 8.17. The molecule has 0 aliphatic carbocycles. The molecule has 4 heteroatoms. The number of ether oxygens (including phenoxy) is 1. The molecule has 4 nitrogen and oxygen atoms in total. The number of hydrogen-bond acceptors (Lipinski definition) is 3. The van der Waals surface area contributed by atoms with Crippen molar-refractivity contribution >= 4 is 12.0 Å². The van der Waals surface area contributed by atoms with Crippen LogP contribution in [0, 0.1) is 0 Å². The van der Waals surface area contributed by atoms with Gasteiger partial charge in [-0.05, 0) is 25.0 Å². The monoisotopic (exact) mass is 298 g/mol. The van der Waals surface area contributed by atoms with Crippen LogP contribution < -0.4 is 0 Å². The zero-order chi connectivity index (χ0) is 15.8. The normalized spacial score (nSPS) is 11.0. The van der Waals surface area contributed by atoms with Crippen molar-refractivity contribution in [3.05, 3.63) is 59.4 Å². The lowest BCUT2D eigenvalue weighted by Crippen LogP contribution is -2.07. The summed E-state index contributed by atoms with van der Waals surface area (Å²) in [6.07, 6.45) is 7.02. The van der Waals surface area contributed by atoms with Gasteiger partial charge >= 0.3 is 5.97 Å². The Bertz CT molecular complexity index is 630. The molecule has 0 N–H and O–H groups in total. The number of rotatable bonds is 7. The lowest BCUT2D eigenvalue weighted by Gasteiger charge is -2.08. The quantitative estimate of drug-likeness (QED) is 0.581. The van der Waals surface area contributed by atoms with E-state index in [1.54, 1.807) is 13.0 Å². The highest BCUT2D eigenvalue weighted by molar-refractivity contribution is 5.87. The van der Waals surface area contributed by atoms with Gasteiger partial charge in [0.05, 0.1) is 19.3 Å². The Kier molecular flexibility index (Phi) is 5.95. The zero-order valence-corrected chi connectivity index (χ0v) is 13.2. The van der Waals surface area contributed by atoms with Crippen molar-refractivity contribution in [1.29, 1.82) is 0 Å². The van der Waals surface area contributed by atoms with Crippen LogP contribution in [0.3, 0.4) is 0 Å². The lowest BCUT2D eigenvalue weighted by atomic mass is 10.1. The van der Waals surface area contributed by atoms with Crippen molar-refractivity contribution < 1.29 is 9.53 Å². The Morgan fingerprint density at radius 1 is 1.27 bits per heavy atom. The third kappa shape index (κ3) is 4.32. The summed E-state index contributed by atoms with van der Waals surface area (Å²) in [4.78, 5) is 11.4. The summed E-state index contributed by atoms with van der Waals surface area (Å²) in [7, 11) is 0. The number of nitrogens with zero attached hydrogens (tertiary/aromatic N) is 2. The minimum atomic E-state index is -0.319. The predicted octanol–water partition coefficient (Wildman–Crippen LogP) is 3.46. The van der Waals surface area contributed by atoms with Crippen LogP contribution in [0.1, 0.15) is 37.1 Å². The molecule has 0 unspecified atom stereocenters. The summed E-state index contributed by atoms with van der Waals surface area (Å²) in [5.74, 6) is -0.319. The Morgan fingerprint density at radius 3 is 2.73 bits per heavy atom. The predicted molar refractivity (Wildman–Crippen MR) is 87.4 cm³/mol. The largest absolute Gasteiger partial charge is 0.463 e. The first-order valence-electron chi connectivity index (χ1n) is 7.68. The van der Waals surface area contributed by atoms with Crippen LogP contribution in [-0.2, 0) is 22.5 Å². The standard InChI is InChI=1S/C18H22N2O2/c1-3-8-17-16(11-12-18(21)22-4-2)13-19-20(17)14-15-9-6-5-7-10-15/h5-7,9-13H,3-4,8,14H2,1-2H3/b12-11+. The van der Waals surface area contributed by atoms with E-state index in [1.165, 1.54) is 11.6 Å². The van der Waals surface area contributed by atoms with Gasteiger partial charge in [0.2, 0.25) is 0 Å². The van der Waals surface area contributed by atoms with Crippen molar-refractivity contribution in [2.45, 2.75) is 33.2 Å². The van der Waals surface area contributed by atoms with Crippen molar-refractivity contribution in [1.82, 2.24) is 9.78 Å². The Hall–Kier alpha value is -2.36. The Balaban J connectivity index is 2.19. The van der Waals surface area contributed by atoms with E-state index in [0.717, 1.165) is 30.6 Å². The van der Waals surface area contributed by atoms with Crippen LogP contribution in [0.4, 0.5) is 0 Å². The molecule has 0 fully saturated rings. The summed E-state index contributed by atoms with van der Waals surface area (Å²) >= 11 is 0. The van der Waals surface area contributed by atoms with Gasteiger partial charge in [0.25, 0.3) is 0 Å². The fraction of sp³-hybridized carbons (Fsp3) is 0.333. The molecule has 116 valence electrons. The minimum absolute atomic E-state index is 0.319. The molecular formula is C18H22N2O2. The number of aromatic nitrogens is 2. The molecule has 0 atom stereocenters. The maximum Gasteiger partial charge on any atom is 0.330 e. The first kappa shape index (κ1) is 16.0. The maximum atomic E-state index is 11.4. The molecule has 1 aromatic heterocycles. The third-order valence-corrected chi connectivity index (χ3v) is 3.33. The lowest BCUT2D eigenvalue weighted by molar-refractivity contribution is -0.137. The molecule has 2 rings (SSSR count). The topological polar surface area (TPSA) is 44.1 Å². The fourth-order valence-electron chi connectivity index (χ4n) is 2.32. The van der Waals surface area contributed by atoms with Crippen LogP contribution >= 0.6 is 0 Å². The first-order valence-corrected chi connectivity index (χ1v) is 7.68. The average molecular weight is 298 g/mol. The van der Waals surface area contributed by atoms with Gasteiger partial charge in [-0.2, -0.15) is 5.10 Å². The van der Waals surface area contributed by atoms with Crippen LogP contribution in [-0.4, -0.2) is 22.4 Å². The van der Waals surface area contributed by atoms with Gasteiger partial charge in [0.15, 0.2) is 0 Å². The van der Waals surface area contributed by atoms with E-state index in [-0.39, 0.29) is 5.97 Å². The second-order valence-corrected chi connectivity index (χ2v) is 5.03. The SMILES string of the molecule is CCCc1c(/C=C/C(=O)OCC)cnn1Cc1ccccc1. The average Bonchev–Trinajstić information content (AvgIpc) is 2.89. The fourth-order valence-corrected chi connectivity index (χ4v) is 2.32. The van der Waals surface area contributed by atoms with E-state index in [4.69, 9.17) is 4.74 Å². The molecule has 0 spiro atoms. The van der Waals surface area contributed by atoms with Gasteiger partial charge in [-0.3, -0.25) is 4.68 Å². The Labute approximate surface area is 131 Å². The maximum absolute atomic E-state index is 11.4. The molecule has 0 saturated carbocycles. The second-order valence-electron chi connectivity index (χ2n) is 5.03. The molecule has 0 saturated heterocycles. The molecule has 22 heavy (non-hydrogen) atoms. The molecule has 0 amide bonds. The van der Waals surface area contributed by atoms with E-state index in [9.17, 15) is 4.79 Å². The zero-order valence-electron chi connectivity index (χ0n) is 13.2. The Morgan fingerprint density at radius 2 is 2.05 bits per heavy atom. The first-order chi connectivity index (χ1) is 10.7. The van der Waals surface area contributed by atoms with Crippen LogP contribution in [0.25, 0.3) is 6.08 Å². The number of benzene rings is 1. The number of carbonyl (C=O) groups excluding carboxylic acids is 1. The highest BCUT2D eigenvalue weighted by Gasteiger charge is 2.09. The van der Waals surface area contributed by atoms with Crippen LogP contribution in [0.2, 0.25) is 0 Å². The van der Waals surface area contributed by atoms with E-state index < -0.39 is 0 Å². The summed E-state index contributed by atoms with van der Waals surface area (Å²) in [5, 5.41) is 4.47. The minimum Gasteiger partial charge on any atom is -0.463 e. The number of hydrogen-bond donors (Lipinski definition) is 0. The summed E-state index contributed by atoms with van der Waals surface area (Å²) in [6.45, 7) is 5.06. The molecule has 0 radical (unpaired) electrons. The van der Waals surface area contributed by atoms with Crippen LogP contribution in [0.5, 0.6) is 0 Å². The van der Waals surface area contributed by atoms with Gasteiger partial charge in [-0.1, -0.05) is 43.7 Å². The highest BCUT2D eigenvalue weighted by atomic mass is 16.5. The summed E-state index contributed by atoms with van der Waals surface area (Å²) in [6, 6.07) is 10.2.